The Morgan fingerprint density at radius 3 is 2.36 bits per heavy atom. The van der Waals surface area contributed by atoms with E-state index in [2.05, 4.69) is 33.5 Å². The van der Waals surface area contributed by atoms with Gasteiger partial charge in [-0.25, -0.2) is 5.48 Å². The van der Waals surface area contributed by atoms with E-state index in [-0.39, 0.29) is 0 Å². The van der Waals surface area contributed by atoms with E-state index < -0.39 is 0 Å². The zero-order chi connectivity index (χ0) is 10.9. The lowest BCUT2D eigenvalue weighted by atomic mass is 10.2. The van der Waals surface area contributed by atoms with Gasteiger partial charge in [-0.3, -0.25) is 4.84 Å². The van der Waals surface area contributed by atoms with Crippen LogP contribution in [0.4, 0.5) is 0 Å². The summed E-state index contributed by atoms with van der Waals surface area (Å²) >= 11 is 0. The van der Waals surface area contributed by atoms with Crippen molar-refractivity contribution in [3.63, 3.8) is 0 Å². The van der Waals surface area contributed by atoms with E-state index in [9.17, 15) is 0 Å². The average Bonchev–Trinajstić information content (AvgIpc) is 2.08. The number of unbranched alkanes of at least 4 members (excludes halogenated alkanes) is 3. The average molecular weight is 203 g/mol. The van der Waals surface area contributed by atoms with Crippen molar-refractivity contribution in [1.29, 1.82) is 0 Å². The summed E-state index contributed by atoms with van der Waals surface area (Å²) in [4.78, 5) is 5.32. The SMILES string of the molecule is CCCCCCNOCC[N+](C)(C)C. The van der Waals surface area contributed by atoms with Gasteiger partial charge in [-0.05, 0) is 6.42 Å². The van der Waals surface area contributed by atoms with Crippen molar-refractivity contribution in [3.8, 4) is 0 Å². The van der Waals surface area contributed by atoms with E-state index in [0.717, 1.165) is 24.2 Å². The molecule has 0 fully saturated rings. The lowest BCUT2D eigenvalue weighted by Crippen LogP contribution is -2.38. The quantitative estimate of drug-likeness (QED) is 0.350. The zero-order valence-corrected chi connectivity index (χ0v) is 10.3. The predicted molar refractivity (Wildman–Crippen MR) is 61.0 cm³/mol. The molecule has 0 rings (SSSR count). The summed E-state index contributed by atoms with van der Waals surface area (Å²) in [7, 11) is 6.51. The van der Waals surface area contributed by atoms with Crippen LogP contribution in [-0.2, 0) is 4.84 Å². The highest BCUT2D eigenvalue weighted by atomic mass is 16.6. The van der Waals surface area contributed by atoms with E-state index in [1.165, 1.54) is 25.7 Å². The Morgan fingerprint density at radius 1 is 1.07 bits per heavy atom. The number of hydrogen-bond acceptors (Lipinski definition) is 2. The van der Waals surface area contributed by atoms with Crippen LogP contribution in [0.5, 0.6) is 0 Å². The van der Waals surface area contributed by atoms with Crippen LogP contribution >= 0.6 is 0 Å². The van der Waals surface area contributed by atoms with Crippen molar-refractivity contribution < 1.29 is 9.32 Å². The Kier molecular flexibility index (Phi) is 8.14. The van der Waals surface area contributed by atoms with Gasteiger partial charge in [0.05, 0.1) is 21.1 Å². The minimum absolute atomic E-state index is 0.789. The second-order valence-electron chi connectivity index (χ2n) is 4.82. The van der Waals surface area contributed by atoms with E-state index >= 15 is 0 Å². The summed E-state index contributed by atoms with van der Waals surface area (Å²) in [5.74, 6) is 0. The van der Waals surface area contributed by atoms with Gasteiger partial charge in [0.1, 0.15) is 13.2 Å². The Hall–Kier alpha value is -0.120. The number of likely N-dealkylation sites (N-methyl/N-ethyl adjacent to an activating group) is 1. The molecule has 3 heteroatoms. The van der Waals surface area contributed by atoms with E-state index in [1.807, 2.05) is 0 Å². The van der Waals surface area contributed by atoms with Crippen molar-refractivity contribution in [3.05, 3.63) is 0 Å². The molecule has 0 atom stereocenters. The topological polar surface area (TPSA) is 21.3 Å². The number of nitrogens with one attached hydrogen (secondary N) is 1. The number of hydroxylamine groups is 1. The first-order valence-electron chi connectivity index (χ1n) is 5.71. The highest BCUT2D eigenvalue weighted by molar-refractivity contribution is 4.40. The maximum absolute atomic E-state index is 5.32. The lowest BCUT2D eigenvalue weighted by Gasteiger charge is -2.23. The molecule has 0 aliphatic carbocycles. The van der Waals surface area contributed by atoms with Crippen LogP contribution in [0.2, 0.25) is 0 Å². The summed E-state index contributed by atoms with van der Waals surface area (Å²) < 4.78 is 0.956. The number of hydrogen-bond donors (Lipinski definition) is 1. The van der Waals surface area contributed by atoms with Gasteiger partial charge in [-0.15, -0.1) is 0 Å². The van der Waals surface area contributed by atoms with Gasteiger partial charge in [-0.1, -0.05) is 26.2 Å². The molecule has 0 saturated carbocycles. The van der Waals surface area contributed by atoms with Gasteiger partial charge < -0.3 is 4.48 Å². The van der Waals surface area contributed by atoms with Gasteiger partial charge in [0.2, 0.25) is 0 Å². The van der Waals surface area contributed by atoms with Gasteiger partial charge in [0, 0.05) is 6.54 Å². The molecule has 0 aromatic heterocycles. The third-order valence-corrected chi connectivity index (χ3v) is 2.10. The van der Waals surface area contributed by atoms with Crippen LogP contribution in [0.25, 0.3) is 0 Å². The van der Waals surface area contributed by atoms with Gasteiger partial charge in [-0.2, -0.15) is 0 Å². The monoisotopic (exact) mass is 203 g/mol. The predicted octanol–water partition coefficient (Wildman–Crippen LogP) is 1.79. The number of nitrogens with zero attached hydrogens (tertiary/aromatic N) is 1. The molecule has 0 aliphatic heterocycles. The van der Waals surface area contributed by atoms with Crippen LogP contribution in [0.3, 0.4) is 0 Å². The molecule has 0 saturated heterocycles. The number of rotatable bonds is 9. The minimum atomic E-state index is 0.789. The van der Waals surface area contributed by atoms with Crippen molar-refractivity contribution in [2.45, 2.75) is 32.6 Å². The Labute approximate surface area is 89.0 Å². The van der Waals surface area contributed by atoms with Crippen molar-refractivity contribution in [2.75, 3.05) is 40.8 Å². The highest BCUT2D eigenvalue weighted by Gasteiger charge is 2.05. The van der Waals surface area contributed by atoms with Crippen LogP contribution in [0, 0.1) is 0 Å². The summed E-state index contributed by atoms with van der Waals surface area (Å²) in [5, 5.41) is 0. The normalized spacial score (nSPS) is 12.0. The molecular weight excluding hydrogens is 176 g/mol. The summed E-state index contributed by atoms with van der Waals surface area (Å²) in [6, 6.07) is 0. The van der Waals surface area contributed by atoms with E-state index in [4.69, 9.17) is 4.84 Å². The molecule has 0 radical (unpaired) electrons. The van der Waals surface area contributed by atoms with Crippen molar-refractivity contribution >= 4 is 0 Å². The molecule has 0 spiro atoms. The molecule has 0 aliphatic rings. The molecule has 3 nitrogen and oxygen atoms in total. The molecule has 0 bridgehead atoms. The van der Waals surface area contributed by atoms with E-state index in [0.29, 0.717) is 0 Å². The molecule has 0 unspecified atom stereocenters. The van der Waals surface area contributed by atoms with Gasteiger partial charge in [0.15, 0.2) is 0 Å². The Morgan fingerprint density at radius 2 is 1.79 bits per heavy atom. The molecule has 0 aromatic rings. The second kappa shape index (κ2) is 8.21. The molecule has 14 heavy (non-hydrogen) atoms. The van der Waals surface area contributed by atoms with Gasteiger partial charge >= 0.3 is 0 Å². The lowest BCUT2D eigenvalue weighted by molar-refractivity contribution is -0.871. The molecule has 86 valence electrons. The second-order valence-corrected chi connectivity index (χ2v) is 4.82. The first kappa shape index (κ1) is 13.9. The Bertz CT molecular complexity index is 121. The maximum Gasteiger partial charge on any atom is 0.117 e. The van der Waals surface area contributed by atoms with E-state index in [1.54, 1.807) is 0 Å². The third-order valence-electron chi connectivity index (χ3n) is 2.10. The summed E-state index contributed by atoms with van der Waals surface area (Å²) in [6.45, 7) is 5.04. The van der Waals surface area contributed by atoms with Crippen LogP contribution < -0.4 is 5.48 Å². The fourth-order valence-corrected chi connectivity index (χ4v) is 1.09. The number of quaternary nitrogens is 1. The Balaban J connectivity index is 2.99. The van der Waals surface area contributed by atoms with Crippen molar-refractivity contribution in [2.24, 2.45) is 0 Å². The van der Waals surface area contributed by atoms with Crippen LogP contribution in [0.15, 0.2) is 0 Å². The van der Waals surface area contributed by atoms with Gasteiger partial charge in [0.25, 0.3) is 0 Å². The maximum atomic E-state index is 5.32. The van der Waals surface area contributed by atoms with Crippen molar-refractivity contribution in [1.82, 2.24) is 5.48 Å². The first-order chi connectivity index (χ1) is 6.56. The fourth-order valence-electron chi connectivity index (χ4n) is 1.09. The molecular formula is C11H27N2O+. The third kappa shape index (κ3) is 11.9. The molecule has 1 N–H and O–H groups in total. The highest BCUT2D eigenvalue weighted by Crippen LogP contribution is 1.96. The largest absolute Gasteiger partial charge is 0.329 e. The smallest absolute Gasteiger partial charge is 0.117 e. The van der Waals surface area contributed by atoms with Crippen LogP contribution in [-0.4, -0.2) is 45.3 Å². The molecule has 0 heterocycles. The standard InChI is InChI=1S/C11H27N2O/c1-5-6-7-8-9-12-14-11-10-13(2,3)4/h12H,5-11H2,1-4H3/q+1. The van der Waals surface area contributed by atoms with Crippen LogP contribution in [0.1, 0.15) is 32.6 Å². The first-order valence-corrected chi connectivity index (χ1v) is 5.71. The summed E-state index contributed by atoms with van der Waals surface area (Å²) in [6.07, 6.45) is 5.16. The fraction of sp³-hybridized carbons (Fsp3) is 1.00. The zero-order valence-electron chi connectivity index (χ0n) is 10.3. The molecule has 0 aromatic carbocycles. The summed E-state index contributed by atoms with van der Waals surface area (Å²) in [5.41, 5.74) is 3.01. The minimum Gasteiger partial charge on any atom is -0.329 e. The molecule has 0 amide bonds.